The van der Waals surface area contributed by atoms with Crippen molar-refractivity contribution in [2.45, 2.75) is 6.61 Å². The van der Waals surface area contributed by atoms with Crippen LogP contribution in [0.3, 0.4) is 0 Å². The number of anilines is 1. The van der Waals surface area contributed by atoms with Crippen LogP contribution >= 0.6 is 24.0 Å². The summed E-state index contributed by atoms with van der Waals surface area (Å²) in [6, 6.07) is 31.8. The molecule has 5 rings (SSSR count). The highest BCUT2D eigenvalue weighted by molar-refractivity contribution is 8.27. The van der Waals surface area contributed by atoms with Crippen molar-refractivity contribution in [3.05, 3.63) is 113 Å². The summed E-state index contributed by atoms with van der Waals surface area (Å²) in [7, 11) is 0. The van der Waals surface area contributed by atoms with Crippen LogP contribution in [0.2, 0.25) is 0 Å². The fraction of sp³-hybridized carbons (Fsp3) is 0.0370. The molecule has 0 aromatic heterocycles. The van der Waals surface area contributed by atoms with Crippen LogP contribution in [-0.4, -0.2) is 10.2 Å². The predicted octanol–water partition coefficient (Wildman–Crippen LogP) is 6.82. The van der Waals surface area contributed by atoms with Gasteiger partial charge < -0.3 is 4.74 Å². The molecule has 1 aliphatic heterocycles. The number of para-hydroxylation sites is 1. The van der Waals surface area contributed by atoms with Crippen LogP contribution in [0, 0.1) is 0 Å². The lowest BCUT2D eigenvalue weighted by Gasteiger charge is -2.13. The molecule has 0 bridgehead atoms. The predicted molar refractivity (Wildman–Crippen MR) is 137 cm³/mol. The molecule has 4 aromatic rings. The Labute approximate surface area is 196 Å². The normalized spacial score (nSPS) is 15.0. The van der Waals surface area contributed by atoms with Crippen molar-refractivity contribution in [1.82, 2.24) is 0 Å². The summed E-state index contributed by atoms with van der Waals surface area (Å²) >= 11 is 6.76. The Morgan fingerprint density at radius 3 is 2.38 bits per heavy atom. The molecule has 32 heavy (non-hydrogen) atoms. The van der Waals surface area contributed by atoms with Crippen LogP contribution in [-0.2, 0) is 11.4 Å². The second-order valence-electron chi connectivity index (χ2n) is 7.35. The lowest BCUT2D eigenvalue weighted by molar-refractivity contribution is -0.113. The SMILES string of the molecule is O=C1C(=Cc2ccc(OCc3cccc4ccccc34)cc2)SC(=S)N1c1ccccc1. The minimum atomic E-state index is -0.0949. The summed E-state index contributed by atoms with van der Waals surface area (Å²) in [4.78, 5) is 15.1. The van der Waals surface area contributed by atoms with Crippen molar-refractivity contribution in [2.24, 2.45) is 0 Å². The molecule has 0 spiro atoms. The van der Waals surface area contributed by atoms with Gasteiger partial charge in [0.15, 0.2) is 4.32 Å². The largest absolute Gasteiger partial charge is 0.489 e. The van der Waals surface area contributed by atoms with Crippen molar-refractivity contribution in [3.8, 4) is 5.75 Å². The van der Waals surface area contributed by atoms with Crippen LogP contribution < -0.4 is 9.64 Å². The molecule has 5 heteroatoms. The molecule has 0 aliphatic carbocycles. The number of thioether (sulfide) groups is 1. The molecule has 4 aromatic carbocycles. The van der Waals surface area contributed by atoms with Gasteiger partial charge in [-0.1, -0.05) is 96.8 Å². The monoisotopic (exact) mass is 453 g/mol. The second-order valence-corrected chi connectivity index (χ2v) is 9.02. The van der Waals surface area contributed by atoms with E-state index in [4.69, 9.17) is 17.0 Å². The quantitative estimate of drug-likeness (QED) is 0.245. The van der Waals surface area contributed by atoms with Crippen LogP contribution in [0.15, 0.2) is 102 Å². The van der Waals surface area contributed by atoms with Gasteiger partial charge >= 0.3 is 0 Å². The summed E-state index contributed by atoms with van der Waals surface area (Å²) in [6.07, 6.45) is 1.87. The number of carbonyl (C=O) groups excluding carboxylic acids is 1. The first-order valence-corrected chi connectivity index (χ1v) is 11.4. The molecule has 0 N–H and O–H groups in total. The molecular formula is C27H19NO2S2. The van der Waals surface area contributed by atoms with Gasteiger partial charge in [-0.3, -0.25) is 9.69 Å². The van der Waals surface area contributed by atoms with Gasteiger partial charge in [-0.15, -0.1) is 0 Å². The molecule has 1 fully saturated rings. The van der Waals surface area contributed by atoms with Gasteiger partial charge in [0, 0.05) is 0 Å². The van der Waals surface area contributed by atoms with Gasteiger partial charge in [0.1, 0.15) is 12.4 Å². The zero-order valence-electron chi connectivity index (χ0n) is 17.1. The summed E-state index contributed by atoms with van der Waals surface area (Å²) in [6.45, 7) is 0.496. The first-order valence-electron chi connectivity index (χ1n) is 10.2. The topological polar surface area (TPSA) is 29.5 Å². The Morgan fingerprint density at radius 2 is 1.56 bits per heavy atom. The molecule has 1 aliphatic rings. The van der Waals surface area contributed by atoms with Crippen LogP contribution in [0.4, 0.5) is 5.69 Å². The Morgan fingerprint density at radius 1 is 0.844 bits per heavy atom. The first kappa shape index (κ1) is 20.5. The number of amides is 1. The average Bonchev–Trinajstić information content (AvgIpc) is 3.11. The van der Waals surface area contributed by atoms with Gasteiger partial charge in [-0.25, -0.2) is 0 Å². The molecular weight excluding hydrogens is 434 g/mol. The van der Waals surface area contributed by atoms with Crippen LogP contribution in [0.5, 0.6) is 5.75 Å². The zero-order chi connectivity index (χ0) is 21.9. The van der Waals surface area contributed by atoms with E-state index in [1.165, 1.54) is 22.5 Å². The highest BCUT2D eigenvalue weighted by Gasteiger charge is 2.33. The Balaban J connectivity index is 1.29. The summed E-state index contributed by atoms with van der Waals surface area (Å²) in [5.41, 5.74) is 2.86. The third kappa shape index (κ3) is 4.17. The third-order valence-corrected chi connectivity index (χ3v) is 6.56. The maximum absolute atomic E-state index is 12.9. The highest BCUT2D eigenvalue weighted by atomic mass is 32.2. The minimum Gasteiger partial charge on any atom is -0.489 e. The Kier molecular flexibility index (Phi) is 5.75. The number of thiocarbonyl (C=S) groups is 1. The molecule has 0 radical (unpaired) electrons. The van der Waals surface area contributed by atoms with Crippen molar-refractivity contribution in [1.29, 1.82) is 0 Å². The van der Waals surface area contributed by atoms with Gasteiger partial charge in [0.2, 0.25) is 0 Å². The Bertz CT molecular complexity index is 1330. The lowest BCUT2D eigenvalue weighted by atomic mass is 10.1. The maximum atomic E-state index is 12.9. The lowest BCUT2D eigenvalue weighted by Crippen LogP contribution is -2.27. The fourth-order valence-electron chi connectivity index (χ4n) is 3.66. The van der Waals surface area contributed by atoms with Crippen molar-refractivity contribution >= 4 is 56.7 Å². The summed E-state index contributed by atoms with van der Waals surface area (Å²) < 4.78 is 6.56. The van der Waals surface area contributed by atoms with Crippen LogP contribution in [0.1, 0.15) is 11.1 Å². The van der Waals surface area contributed by atoms with Gasteiger partial charge in [0.25, 0.3) is 5.91 Å². The highest BCUT2D eigenvalue weighted by Crippen LogP contribution is 2.36. The van der Waals surface area contributed by atoms with E-state index in [9.17, 15) is 4.79 Å². The molecule has 1 saturated heterocycles. The number of fused-ring (bicyclic) bond motifs is 1. The molecule has 1 amide bonds. The molecule has 0 unspecified atom stereocenters. The first-order chi connectivity index (χ1) is 15.7. The summed E-state index contributed by atoms with van der Waals surface area (Å²) in [5.74, 6) is 0.689. The van der Waals surface area contributed by atoms with E-state index in [0.29, 0.717) is 15.8 Å². The molecule has 3 nitrogen and oxygen atoms in total. The standard InChI is InChI=1S/C27H19NO2S2/c29-26-25(32-27(31)28(26)22-10-2-1-3-11-22)17-19-13-15-23(16-14-19)30-18-21-9-6-8-20-7-4-5-12-24(20)21/h1-17H,18H2. The van der Waals surface area contributed by atoms with E-state index in [2.05, 4.69) is 30.3 Å². The average molecular weight is 454 g/mol. The van der Waals surface area contributed by atoms with Crippen molar-refractivity contribution in [2.75, 3.05) is 4.90 Å². The summed E-state index contributed by atoms with van der Waals surface area (Å²) in [5, 5.41) is 2.41. The minimum absolute atomic E-state index is 0.0949. The molecule has 0 saturated carbocycles. The third-order valence-electron chi connectivity index (χ3n) is 5.26. The van der Waals surface area contributed by atoms with E-state index < -0.39 is 0 Å². The number of hydrogen-bond acceptors (Lipinski definition) is 4. The van der Waals surface area contributed by atoms with E-state index >= 15 is 0 Å². The van der Waals surface area contributed by atoms with E-state index in [-0.39, 0.29) is 5.91 Å². The maximum Gasteiger partial charge on any atom is 0.270 e. The van der Waals surface area contributed by atoms with Gasteiger partial charge in [-0.2, -0.15) is 0 Å². The number of hydrogen-bond donors (Lipinski definition) is 0. The smallest absolute Gasteiger partial charge is 0.270 e. The van der Waals surface area contributed by atoms with E-state index in [1.807, 2.05) is 72.8 Å². The van der Waals surface area contributed by atoms with Gasteiger partial charge in [-0.05, 0) is 52.2 Å². The number of rotatable bonds is 5. The fourth-order valence-corrected chi connectivity index (χ4v) is 4.96. The molecule has 156 valence electrons. The van der Waals surface area contributed by atoms with Crippen LogP contribution in [0.25, 0.3) is 16.8 Å². The second kappa shape index (κ2) is 8.99. The van der Waals surface area contributed by atoms with Crippen molar-refractivity contribution < 1.29 is 9.53 Å². The van der Waals surface area contributed by atoms with Crippen molar-refractivity contribution in [3.63, 3.8) is 0 Å². The number of nitrogens with zero attached hydrogens (tertiary/aromatic N) is 1. The number of ether oxygens (including phenoxy) is 1. The number of benzene rings is 4. The number of carbonyl (C=O) groups is 1. The molecule has 0 atom stereocenters. The van der Waals surface area contributed by atoms with Gasteiger partial charge in [0.05, 0.1) is 10.6 Å². The Hall–Kier alpha value is -3.41. The molecule has 1 heterocycles. The van der Waals surface area contributed by atoms with E-state index in [0.717, 1.165) is 22.6 Å². The van der Waals surface area contributed by atoms with E-state index in [1.54, 1.807) is 4.90 Å². The zero-order valence-corrected chi connectivity index (χ0v) is 18.7.